The summed E-state index contributed by atoms with van der Waals surface area (Å²) in [5, 5.41) is 0. The zero-order valence-corrected chi connectivity index (χ0v) is 9.89. The monoisotopic (exact) mass is 218 g/mol. The van der Waals surface area contributed by atoms with Crippen LogP contribution in [-0.4, -0.2) is 36.5 Å². The molecule has 1 saturated heterocycles. The molecule has 0 atom stereocenters. The van der Waals surface area contributed by atoms with Gasteiger partial charge in [-0.2, -0.15) is 0 Å². The van der Waals surface area contributed by atoms with Crippen molar-refractivity contribution in [2.45, 2.75) is 19.9 Å². The molecule has 1 aliphatic rings. The van der Waals surface area contributed by atoms with E-state index in [1.165, 1.54) is 0 Å². The number of rotatable bonds is 2. The topological polar surface area (TPSA) is 23.6 Å². The van der Waals surface area contributed by atoms with Crippen molar-refractivity contribution in [3.63, 3.8) is 0 Å². The van der Waals surface area contributed by atoms with Crippen molar-refractivity contribution in [2.75, 3.05) is 24.5 Å². The van der Waals surface area contributed by atoms with Crippen molar-refractivity contribution in [1.82, 2.24) is 4.90 Å². The lowest BCUT2D eigenvalue weighted by atomic mass is 10.2. The predicted molar refractivity (Wildman–Crippen MR) is 65.5 cm³/mol. The first kappa shape index (κ1) is 11.1. The summed E-state index contributed by atoms with van der Waals surface area (Å²) in [6, 6.07) is 10.3. The van der Waals surface area contributed by atoms with E-state index in [0.29, 0.717) is 12.6 Å². The van der Waals surface area contributed by atoms with Gasteiger partial charge in [-0.1, -0.05) is 18.2 Å². The fraction of sp³-hybridized carbons (Fsp3) is 0.462. The van der Waals surface area contributed by atoms with E-state index < -0.39 is 0 Å². The minimum absolute atomic E-state index is 0.200. The van der Waals surface area contributed by atoms with Gasteiger partial charge >= 0.3 is 0 Å². The van der Waals surface area contributed by atoms with E-state index in [1.54, 1.807) is 0 Å². The van der Waals surface area contributed by atoms with Crippen LogP contribution in [0.25, 0.3) is 0 Å². The average molecular weight is 218 g/mol. The molecule has 1 amide bonds. The average Bonchev–Trinajstić information content (AvgIpc) is 2.30. The van der Waals surface area contributed by atoms with Gasteiger partial charge in [0.2, 0.25) is 5.91 Å². The standard InChI is InChI=1S/C13H18N2O/c1-11(2)14-8-9-15(13(16)10-14)12-6-4-3-5-7-12/h3-7,11H,8-10H2,1-2H3. The number of benzene rings is 1. The SMILES string of the molecule is CC(C)N1CCN(c2ccccc2)C(=O)C1. The van der Waals surface area contributed by atoms with Crippen LogP contribution in [0.4, 0.5) is 5.69 Å². The first-order chi connectivity index (χ1) is 7.68. The summed E-state index contributed by atoms with van der Waals surface area (Å²) in [6.07, 6.45) is 0. The number of hydrogen-bond donors (Lipinski definition) is 0. The van der Waals surface area contributed by atoms with Gasteiger partial charge in [-0.15, -0.1) is 0 Å². The summed E-state index contributed by atoms with van der Waals surface area (Å²) in [6.45, 7) is 6.54. The largest absolute Gasteiger partial charge is 0.310 e. The van der Waals surface area contributed by atoms with Crippen LogP contribution < -0.4 is 4.90 Å². The van der Waals surface area contributed by atoms with Crippen LogP contribution in [0.3, 0.4) is 0 Å². The molecule has 0 saturated carbocycles. The fourth-order valence-electron chi connectivity index (χ4n) is 2.01. The molecule has 0 unspecified atom stereocenters. The molecule has 1 aliphatic heterocycles. The van der Waals surface area contributed by atoms with E-state index in [0.717, 1.165) is 18.8 Å². The highest BCUT2D eigenvalue weighted by molar-refractivity contribution is 5.95. The lowest BCUT2D eigenvalue weighted by Crippen LogP contribution is -2.52. The first-order valence-corrected chi connectivity index (χ1v) is 5.78. The van der Waals surface area contributed by atoms with Gasteiger partial charge in [-0.05, 0) is 26.0 Å². The van der Waals surface area contributed by atoms with Crippen molar-refractivity contribution in [1.29, 1.82) is 0 Å². The van der Waals surface area contributed by atoms with Crippen molar-refractivity contribution >= 4 is 11.6 Å². The van der Waals surface area contributed by atoms with Crippen molar-refractivity contribution < 1.29 is 4.79 Å². The summed E-state index contributed by atoms with van der Waals surface area (Å²) in [5.74, 6) is 0.200. The van der Waals surface area contributed by atoms with E-state index in [9.17, 15) is 4.79 Å². The van der Waals surface area contributed by atoms with E-state index in [4.69, 9.17) is 0 Å². The zero-order chi connectivity index (χ0) is 11.5. The molecule has 0 aromatic heterocycles. The molecule has 0 radical (unpaired) electrons. The maximum absolute atomic E-state index is 12.0. The Morgan fingerprint density at radius 2 is 1.81 bits per heavy atom. The van der Waals surface area contributed by atoms with Crippen LogP contribution >= 0.6 is 0 Å². The number of carbonyl (C=O) groups excluding carboxylic acids is 1. The Balaban J connectivity index is 2.08. The van der Waals surface area contributed by atoms with E-state index >= 15 is 0 Å². The third-order valence-electron chi connectivity index (χ3n) is 3.05. The summed E-state index contributed by atoms with van der Waals surface area (Å²) in [4.78, 5) is 16.1. The zero-order valence-electron chi connectivity index (χ0n) is 9.89. The number of hydrogen-bond acceptors (Lipinski definition) is 2. The second kappa shape index (κ2) is 4.66. The van der Waals surface area contributed by atoms with Gasteiger partial charge in [0.25, 0.3) is 0 Å². The van der Waals surface area contributed by atoms with Crippen LogP contribution in [-0.2, 0) is 4.79 Å². The maximum atomic E-state index is 12.0. The van der Waals surface area contributed by atoms with Gasteiger partial charge in [0.05, 0.1) is 6.54 Å². The van der Waals surface area contributed by atoms with E-state index in [-0.39, 0.29) is 5.91 Å². The van der Waals surface area contributed by atoms with Crippen molar-refractivity contribution in [3.8, 4) is 0 Å². The van der Waals surface area contributed by atoms with Gasteiger partial charge < -0.3 is 4.90 Å². The molecule has 0 spiro atoms. The Morgan fingerprint density at radius 3 is 2.38 bits per heavy atom. The first-order valence-electron chi connectivity index (χ1n) is 5.78. The third kappa shape index (κ3) is 2.25. The van der Waals surface area contributed by atoms with Gasteiger partial charge in [-0.3, -0.25) is 9.69 Å². The molecule has 1 heterocycles. The molecule has 1 aromatic rings. The molecule has 86 valence electrons. The molecule has 1 aromatic carbocycles. The summed E-state index contributed by atoms with van der Waals surface area (Å²) < 4.78 is 0. The van der Waals surface area contributed by atoms with E-state index in [2.05, 4.69) is 18.7 Å². The third-order valence-corrected chi connectivity index (χ3v) is 3.05. The van der Waals surface area contributed by atoms with Gasteiger partial charge in [-0.25, -0.2) is 0 Å². The highest BCUT2D eigenvalue weighted by Crippen LogP contribution is 2.17. The Hall–Kier alpha value is -1.35. The molecule has 3 nitrogen and oxygen atoms in total. The van der Waals surface area contributed by atoms with Gasteiger partial charge in [0, 0.05) is 24.8 Å². The Labute approximate surface area is 96.7 Å². The molecule has 0 N–H and O–H groups in total. The number of amides is 1. The summed E-state index contributed by atoms with van der Waals surface area (Å²) >= 11 is 0. The molecule has 1 fully saturated rings. The maximum Gasteiger partial charge on any atom is 0.241 e. The minimum atomic E-state index is 0.200. The predicted octanol–water partition coefficient (Wildman–Crippen LogP) is 1.74. The van der Waals surface area contributed by atoms with Crippen LogP contribution in [0.1, 0.15) is 13.8 Å². The number of para-hydroxylation sites is 1. The van der Waals surface area contributed by atoms with Crippen LogP contribution in [0, 0.1) is 0 Å². The Bertz CT molecular complexity index is 361. The molecular formula is C13H18N2O. The second-order valence-electron chi connectivity index (χ2n) is 4.45. The van der Waals surface area contributed by atoms with Crippen molar-refractivity contribution in [3.05, 3.63) is 30.3 Å². The number of carbonyl (C=O) groups is 1. The molecular weight excluding hydrogens is 200 g/mol. The second-order valence-corrected chi connectivity index (χ2v) is 4.45. The normalized spacial score (nSPS) is 18.2. The smallest absolute Gasteiger partial charge is 0.241 e. The Kier molecular flexibility index (Phi) is 3.25. The van der Waals surface area contributed by atoms with Crippen LogP contribution in [0.15, 0.2) is 30.3 Å². The highest BCUT2D eigenvalue weighted by atomic mass is 16.2. The van der Waals surface area contributed by atoms with Crippen LogP contribution in [0.2, 0.25) is 0 Å². The van der Waals surface area contributed by atoms with Gasteiger partial charge in [0.1, 0.15) is 0 Å². The quantitative estimate of drug-likeness (QED) is 0.755. The van der Waals surface area contributed by atoms with Crippen molar-refractivity contribution in [2.24, 2.45) is 0 Å². The molecule has 3 heteroatoms. The number of nitrogens with zero attached hydrogens (tertiary/aromatic N) is 2. The minimum Gasteiger partial charge on any atom is -0.310 e. The highest BCUT2D eigenvalue weighted by Gasteiger charge is 2.25. The number of anilines is 1. The van der Waals surface area contributed by atoms with Gasteiger partial charge in [0.15, 0.2) is 0 Å². The summed E-state index contributed by atoms with van der Waals surface area (Å²) in [7, 11) is 0. The molecule has 16 heavy (non-hydrogen) atoms. The number of piperazine rings is 1. The Morgan fingerprint density at radius 1 is 1.12 bits per heavy atom. The molecule has 2 rings (SSSR count). The van der Waals surface area contributed by atoms with E-state index in [1.807, 2.05) is 35.2 Å². The molecule has 0 bridgehead atoms. The lowest BCUT2D eigenvalue weighted by Gasteiger charge is -2.36. The lowest BCUT2D eigenvalue weighted by molar-refractivity contribution is -0.121. The fourth-order valence-corrected chi connectivity index (χ4v) is 2.01. The molecule has 0 aliphatic carbocycles. The van der Waals surface area contributed by atoms with Crippen LogP contribution in [0.5, 0.6) is 0 Å². The summed E-state index contributed by atoms with van der Waals surface area (Å²) in [5.41, 5.74) is 1.01.